The van der Waals surface area contributed by atoms with Gasteiger partial charge >= 0.3 is 0 Å². The van der Waals surface area contributed by atoms with Crippen molar-refractivity contribution in [2.24, 2.45) is 10.7 Å². The van der Waals surface area contributed by atoms with E-state index in [0.29, 0.717) is 12.0 Å². The molecule has 1 heterocycles. The molecule has 3 N–H and O–H groups in total. The molecule has 2 rings (SSSR count). The van der Waals surface area contributed by atoms with Crippen molar-refractivity contribution < 1.29 is 4.74 Å². The van der Waals surface area contributed by atoms with Crippen LogP contribution in [0.1, 0.15) is 6.42 Å². The number of hydrogen-bond acceptors (Lipinski definition) is 3. The minimum absolute atomic E-state index is 0. The van der Waals surface area contributed by atoms with Gasteiger partial charge in [-0.15, -0.1) is 24.0 Å². The number of nitrogens with one attached hydrogen (secondary N) is 1. The first kappa shape index (κ1) is 15.9. The molecule has 5 nitrogen and oxygen atoms in total. The molecule has 0 bridgehead atoms. The zero-order valence-corrected chi connectivity index (χ0v) is 13.6. The molecular formula is C13H21IN4O. The van der Waals surface area contributed by atoms with E-state index < -0.39 is 0 Å². The lowest BCUT2D eigenvalue weighted by Gasteiger charge is -2.19. The molecule has 0 saturated carbocycles. The fraction of sp³-hybridized carbons (Fsp3) is 0.462. The van der Waals surface area contributed by atoms with Crippen molar-refractivity contribution in [1.82, 2.24) is 5.32 Å². The zero-order valence-electron chi connectivity index (χ0n) is 11.3. The number of guanidine groups is 1. The summed E-state index contributed by atoms with van der Waals surface area (Å²) in [6.45, 7) is 1.95. The molecule has 1 aromatic carbocycles. The molecule has 1 aliphatic heterocycles. The number of methoxy groups -OCH3 is 1. The predicted molar refractivity (Wildman–Crippen MR) is 89.7 cm³/mol. The average molecular weight is 376 g/mol. The van der Waals surface area contributed by atoms with Crippen LogP contribution in [0.5, 0.6) is 5.75 Å². The Morgan fingerprint density at radius 1 is 1.53 bits per heavy atom. The first-order valence-corrected chi connectivity index (χ1v) is 6.10. The Labute approximate surface area is 131 Å². The molecule has 0 amide bonds. The molecule has 1 unspecified atom stereocenters. The van der Waals surface area contributed by atoms with Gasteiger partial charge in [-0.2, -0.15) is 0 Å². The molecule has 19 heavy (non-hydrogen) atoms. The summed E-state index contributed by atoms with van der Waals surface area (Å²) in [6.07, 6.45) is 1.06. The highest BCUT2D eigenvalue weighted by atomic mass is 127. The third kappa shape index (κ3) is 4.15. The monoisotopic (exact) mass is 376 g/mol. The average Bonchev–Trinajstić information content (AvgIpc) is 2.87. The highest BCUT2D eigenvalue weighted by Crippen LogP contribution is 2.24. The van der Waals surface area contributed by atoms with Crippen LogP contribution in [0.25, 0.3) is 0 Å². The number of ether oxygens (including phenoxy) is 1. The number of nitrogens with two attached hydrogens (primary N) is 1. The van der Waals surface area contributed by atoms with Gasteiger partial charge in [0.25, 0.3) is 0 Å². The standard InChI is InChI=1S/C13H20N4O.HI/c1-15-13(14)16-10-6-7-17(9-10)11-4-3-5-12(8-11)18-2;/h3-5,8,10H,6-7,9H2,1-2H3,(H3,14,15,16);1H. The number of benzene rings is 1. The number of halogens is 1. The van der Waals surface area contributed by atoms with Crippen molar-refractivity contribution in [3.8, 4) is 5.75 Å². The maximum Gasteiger partial charge on any atom is 0.188 e. The number of anilines is 1. The van der Waals surface area contributed by atoms with E-state index in [1.165, 1.54) is 5.69 Å². The minimum Gasteiger partial charge on any atom is -0.497 e. The largest absolute Gasteiger partial charge is 0.497 e. The maximum atomic E-state index is 5.68. The van der Waals surface area contributed by atoms with Gasteiger partial charge in [-0.3, -0.25) is 4.99 Å². The van der Waals surface area contributed by atoms with Crippen molar-refractivity contribution in [1.29, 1.82) is 0 Å². The lowest BCUT2D eigenvalue weighted by Crippen LogP contribution is -2.41. The fourth-order valence-electron chi connectivity index (χ4n) is 2.19. The van der Waals surface area contributed by atoms with Crippen LogP contribution in [0.4, 0.5) is 5.69 Å². The van der Waals surface area contributed by atoms with Crippen LogP contribution in [0.3, 0.4) is 0 Å². The quantitative estimate of drug-likeness (QED) is 0.476. The molecule has 6 heteroatoms. The van der Waals surface area contributed by atoms with Crippen LogP contribution in [0, 0.1) is 0 Å². The number of rotatable bonds is 3. The smallest absolute Gasteiger partial charge is 0.188 e. The SMILES string of the molecule is CN=C(N)NC1CCN(c2cccc(OC)c2)C1.I. The van der Waals surface area contributed by atoms with Gasteiger partial charge < -0.3 is 20.7 Å². The number of hydrogen-bond donors (Lipinski definition) is 2. The van der Waals surface area contributed by atoms with E-state index in [0.717, 1.165) is 25.3 Å². The summed E-state index contributed by atoms with van der Waals surface area (Å²) < 4.78 is 5.24. The Morgan fingerprint density at radius 2 is 2.32 bits per heavy atom. The topological polar surface area (TPSA) is 62.9 Å². The van der Waals surface area contributed by atoms with Crippen LogP contribution >= 0.6 is 24.0 Å². The van der Waals surface area contributed by atoms with E-state index >= 15 is 0 Å². The van der Waals surface area contributed by atoms with Crippen molar-refractivity contribution >= 4 is 35.6 Å². The van der Waals surface area contributed by atoms with Crippen LogP contribution in [-0.4, -0.2) is 39.2 Å². The second-order valence-electron chi connectivity index (χ2n) is 4.39. The molecule has 1 aromatic rings. The summed E-state index contributed by atoms with van der Waals surface area (Å²) in [7, 11) is 3.38. The van der Waals surface area contributed by atoms with Gasteiger partial charge in [-0.1, -0.05) is 6.07 Å². The molecule has 1 atom stereocenters. The summed E-state index contributed by atoms with van der Waals surface area (Å²) in [5, 5.41) is 3.21. The van der Waals surface area contributed by atoms with Gasteiger partial charge in [0.1, 0.15) is 5.75 Å². The van der Waals surface area contributed by atoms with Crippen molar-refractivity contribution in [2.75, 3.05) is 32.1 Å². The second kappa shape index (κ2) is 7.42. The van der Waals surface area contributed by atoms with Crippen LogP contribution < -0.4 is 20.7 Å². The first-order chi connectivity index (χ1) is 8.72. The summed E-state index contributed by atoms with van der Waals surface area (Å²) in [4.78, 5) is 6.24. The summed E-state index contributed by atoms with van der Waals surface area (Å²) in [5.74, 6) is 1.39. The highest BCUT2D eigenvalue weighted by Gasteiger charge is 2.23. The Bertz CT molecular complexity index is 438. The van der Waals surface area contributed by atoms with E-state index in [1.807, 2.05) is 12.1 Å². The number of aliphatic imine (C=N–C) groups is 1. The van der Waals surface area contributed by atoms with Gasteiger partial charge in [0, 0.05) is 37.9 Å². The van der Waals surface area contributed by atoms with Crippen LogP contribution in [0.2, 0.25) is 0 Å². The van der Waals surface area contributed by atoms with Crippen molar-refractivity contribution in [2.45, 2.75) is 12.5 Å². The molecule has 0 aromatic heterocycles. The predicted octanol–water partition coefficient (Wildman–Crippen LogP) is 1.43. The minimum atomic E-state index is 0. The molecule has 106 valence electrons. The maximum absolute atomic E-state index is 5.68. The van der Waals surface area contributed by atoms with Gasteiger partial charge in [0.2, 0.25) is 0 Å². The van der Waals surface area contributed by atoms with E-state index in [9.17, 15) is 0 Å². The number of nitrogens with zero attached hydrogens (tertiary/aromatic N) is 2. The molecule has 1 aliphatic rings. The third-order valence-electron chi connectivity index (χ3n) is 3.20. The summed E-state index contributed by atoms with van der Waals surface area (Å²) in [6, 6.07) is 8.48. The zero-order chi connectivity index (χ0) is 13.0. The van der Waals surface area contributed by atoms with Crippen LogP contribution in [-0.2, 0) is 0 Å². The van der Waals surface area contributed by atoms with E-state index in [-0.39, 0.29) is 24.0 Å². The van der Waals surface area contributed by atoms with Gasteiger partial charge in [0.15, 0.2) is 5.96 Å². The normalized spacial score (nSPS) is 18.9. The van der Waals surface area contributed by atoms with E-state index in [4.69, 9.17) is 10.5 Å². The van der Waals surface area contributed by atoms with Crippen molar-refractivity contribution in [3.63, 3.8) is 0 Å². The van der Waals surface area contributed by atoms with Gasteiger partial charge in [-0.05, 0) is 18.6 Å². The summed E-state index contributed by atoms with van der Waals surface area (Å²) in [5.41, 5.74) is 6.87. The lowest BCUT2D eigenvalue weighted by molar-refractivity contribution is 0.415. The molecule has 1 saturated heterocycles. The summed E-state index contributed by atoms with van der Waals surface area (Å²) >= 11 is 0. The molecule has 0 spiro atoms. The van der Waals surface area contributed by atoms with E-state index in [1.54, 1.807) is 14.2 Å². The lowest BCUT2D eigenvalue weighted by atomic mass is 10.2. The highest BCUT2D eigenvalue weighted by molar-refractivity contribution is 14.0. The third-order valence-corrected chi connectivity index (χ3v) is 3.20. The Morgan fingerprint density at radius 3 is 3.00 bits per heavy atom. The van der Waals surface area contributed by atoms with Crippen molar-refractivity contribution in [3.05, 3.63) is 24.3 Å². The van der Waals surface area contributed by atoms with E-state index in [2.05, 4.69) is 27.3 Å². The second-order valence-corrected chi connectivity index (χ2v) is 4.39. The molecule has 1 fully saturated rings. The Kier molecular flexibility index (Phi) is 6.20. The molecule has 0 radical (unpaired) electrons. The fourth-order valence-corrected chi connectivity index (χ4v) is 2.19. The Hall–Kier alpha value is -1.18. The Balaban J connectivity index is 0.00000180. The van der Waals surface area contributed by atoms with Gasteiger partial charge in [0.05, 0.1) is 7.11 Å². The molecular weight excluding hydrogens is 355 g/mol. The molecule has 0 aliphatic carbocycles. The van der Waals surface area contributed by atoms with Crippen LogP contribution in [0.15, 0.2) is 29.3 Å². The van der Waals surface area contributed by atoms with Gasteiger partial charge in [-0.25, -0.2) is 0 Å². The first-order valence-electron chi connectivity index (χ1n) is 6.10.